The summed E-state index contributed by atoms with van der Waals surface area (Å²) in [5, 5.41) is 2.66. The molecule has 5 heteroatoms. The van der Waals surface area contributed by atoms with Crippen LogP contribution >= 0.6 is 0 Å². The first kappa shape index (κ1) is 12.8. The maximum absolute atomic E-state index is 12.1. The van der Waals surface area contributed by atoms with Crippen LogP contribution in [0.2, 0.25) is 0 Å². The van der Waals surface area contributed by atoms with Crippen molar-refractivity contribution in [2.75, 3.05) is 5.32 Å². The van der Waals surface area contributed by atoms with Gasteiger partial charge in [-0.2, -0.15) is 0 Å². The van der Waals surface area contributed by atoms with E-state index in [-0.39, 0.29) is 11.3 Å². The number of aromatic nitrogens is 1. The Kier molecular flexibility index (Phi) is 3.56. The molecule has 0 spiro atoms. The fourth-order valence-corrected chi connectivity index (χ4v) is 1.65. The number of primary amides is 1. The number of carbonyl (C=O) groups is 2. The molecule has 0 fully saturated rings. The Labute approximate surface area is 110 Å². The van der Waals surface area contributed by atoms with E-state index in [9.17, 15) is 9.59 Å². The van der Waals surface area contributed by atoms with Crippen LogP contribution in [0.4, 0.5) is 5.69 Å². The minimum atomic E-state index is -0.672. The molecule has 0 radical (unpaired) electrons. The number of rotatable bonds is 3. The average molecular weight is 255 g/mol. The van der Waals surface area contributed by atoms with E-state index in [2.05, 4.69) is 10.3 Å². The molecule has 0 aliphatic carbocycles. The molecule has 0 aliphatic heterocycles. The fraction of sp³-hybridized carbons (Fsp3) is 0.0714. The normalized spacial score (nSPS) is 9.95. The first-order valence-electron chi connectivity index (χ1n) is 5.71. The molecule has 2 amide bonds. The highest BCUT2D eigenvalue weighted by Crippen LogP contribution is 2.12. The monoisotopic (exact) mass is 255 g/mol. The number of nitrogens with zero attached hydrogens (tertiary/aromatic N) is 1. The van der Waals surface area contributed by atoms with Crippen LogP contribution in [0.3, 0.4) is 0 Å². The lowest BCUT2D eigenvalue weighted by molar-refractivity contribution is 0.0974. The first-order valence-corrected chi connectivity index (χ1v) is 5.71. The van der Waals surface area contributed by atoms with Gasteiger partial charge >= 0.3 is 0 Å². The summed E-state index contributed by atoms with van der Waals surface area (Å²) >= 11 is 0. The summed E-state index contributed by atoms with van der Waals surface area (Å²) in [6.45, 7) is 1.78. The highest BCUT2D eigenvalue weighted by Gasteiger charge is 2.17. The first-order chi connectivity index (χ1) is 9.08. The standard InChI is InChI=1S/C14H13N3O2/c1-9-7-11(13(15)18)12(16-8-9)14(19)17-10-5-3-2-4-6-10/h2-8H,1H3,(H2,15,18)(H,17,19). The topological polar surface area (TPSA) is 85.1 Å². The van der Waals surface area contributed by atoms with Crippen LogP contribution in [-0.4, -0.2) is 16.8 Å². The van der Waals surface area contributed by atoms with Crippen molar-refractivity contribution in [2.45, 2.75) is 6.92 Å². The lowest BCUT2D eigenvalue weighted by atomic mass is 10.1. The Morgan fingerprint density at radius 2 is 1.89 bits per heavy atom. The number of anilines is 1. The fourth-order valence-electron chi connectivity index (χ4n) is 1.65. The van der Waals surface area contributed by atoms with Crippen LogP contribution < -0.4 is 11.1 Å². The Bertz CT molecular complexity index is 624. The predicted molar refractivity (Wildman–Crippen MR) is 71.9 cm³/mol. The maximum atomic E-state index is 12.1. The van der Waals surface area contributed by atoms with E-state index in [0.717, 1.165) is 5.56 Å². The molecule has 19 heavy (non-hydrogen) atoms. The van der Waals surface area contributed by atoms with Gasteiger partial charge in [-0.15, -0.1) is 0 Å². The Morgan fingerprint density at radius 1 is 1.21 bits per heavy atom. The van der Waals surface area contributed by atoms with Crippen molar-refractivity contribution in [3.8, 4) is 0 Å². The molecular weight excluding hydrogens is 242 g/mol. The largest absolute Gasteiger partial charge is 0.366 e. The second-order valence-corrected chi connectivity index (χ2v) is 4.09. The van der Waals surface area contributed by atoms with Gasteiger partial charge in [-0.05, 0) is 30.7 Å². The van der Waals surface area contributed by atoms with E-state index in [1.54, 1.807) is 37.3 Å². The molecule has 5 nitrogen and oxygen atoms in total. The lowest BCUT2D eigenvalue weighted by Crippen LogP contribution is -2.22. The van der Waals surface area contributed by atoms with Crippen molar-refractivity contribution in [3.05, 3.63) is 59.4 Å². The van der Waals surface area contributed by atoms with Crippen LogP contribution in [-0.2, 0) is 0 Å². The van der Waals surface area contributed by atoms with Crippen LogP contribution in [0.1, 0.15) is 26.4 Å². The highest BCUT2D eigenvalue weighted by molar-refractivity contribution is 6.10. The third kappa shape index (κ3) is 2.95. The van der Waals surface area contributed by atoms with Crippen LogP contribution in [0.25, 0.3) is 0 Å². The van der Waals surface area contributed by atoms with Crippen molar-refractivity contribution in [1.82, 2.24) is 4.98 Å². The summed E-state index contributed by atoms with van der Waals surface area (Å²) in [6, 6.07) is 10.5. The molecule has 3 N–H and O–H groups in total. The number of amides is 2. The number of benzene rings is 1. The highest BCUT2D eigenvalue weighted by atomic mass is 16.2. The minimum Gasteiger partial charge on any atom is -0.366 e. The summed E-state index contributed by atoms with van der Waals surface area (Å²) in [7, 11) is 0. The zero-order valence-electron chi connectivity index (χ0n) is 10.4. The third-order valence-corrected chi connectivity index (χ3v) is 2.54. The molecule has 0 bridgehead atoms. The lowest BCUT2D eigenvalue weighted by Gasteiger charge is -2.08. The van der Waals surface area contributed by atoms with Gasteiger partial charge in [0, 0.05) is 11.9 Å². The number of para-hydroxylation sites is 1. The molecule has 1 aromatic heterocycles. The Balaban J connectivity index is 2.31. The zero-order chi connectivity index (χ0) is 13.8. The number of pyridine rings is 1. The smallest absolute Gasteiger partial charge is 0.275 e. The summed E-state index contributed by atoms with van der Waals surface area (Å²) in [6.07, 6.45) is 1.52. The quantitative estimate of drug-likeness (QED) is 0.876. The van der Waals surface area contributed by atoms with Crippen molar-refractivity contribution in [3.63, 3.8) is 0 Å². The number of hydrogen-bond donors (Lipinski definition) is 2. The predicted octanol–water partition coefficient (Wildman–Crippen LogP) is 1.74. The van der Waals surface area contributed by atoms with Crippen LogP contribution in [0, 0.1) is 6.92 Å². The van der Waals surface area contributed by atoms with Crippen LogP contribution in [0.5, 0.6) is 0 Å². The second-order valence-electron chi connectivity index (χ2n) is 4.09. The Morgan fingerprint density at radius 3 is 2.53 bits per heavy atom. The van der Waals surface area contributed by atoms with Crippen molar-refractivity contribution in [2.24, 2.45) is 5.73 Å². The second kappa shape index (κ2) is 5.30. The van der Waals surface area contributed by atoms with Crippen LogP contribution in [0.15, 0.2) is 42.6 Å². The number of aryl methyl sites for hydroxylation is 1. The molecule has 1 heterocycles. The molecule has 0 saturated heterocycles. The average Bonchev–Trinajstić information content (AvgIpc) is 2.39. The molecule has 2 rings (SSSR count). The minimum absolute atomic E-state index is 0.0296. The van der Waals surface area contributed by atoms with Gasteiger partial charge in [0.05, 0.1) is 5.56 Å². The van der Waals surface area contributed by atoms with Gasteiger partial charge in [0.25, 0.3) is 11.8 Å². The van der Waals surface area contributed by atoms with Crippen molar-refractivity contribution < 1.29 is 9.59 Å². The molecule has 1 aromatic carbocycles. The molecule has 0 unspecified atom stereocenters. The maximum Gasteiger partial charge on any atom is 0.275 e. The SMILES string of the molecule is Cc1cnc(C(=O)Nc2ccccc2)c(C(N)=O)c1. The molecule has 0 aliphatic rings. The van der Waals surface area contributed by atoms with E-state index in [1.807, 2.05) is 6.07 Å². The van der Waals surface area contributed by atoms with E-state index in [1.165, 1.54) is 6.20 Å². The number of hydrogen-bond acceptors (Lipinski definition) is 3. The summed E-state index contributed by atoms with van der Waals surface area (Å²) in [5.41, 5.74) is 6.80. The van der Waals surface area contributed by atoms with Gasteiger partial charge < -0.3 is 11.1 Å². The van der Waals surface area contributed by atoms with Gasteiger partial charge in [-0.25, -0.2) is 4.98 Å². The number of carbonyl (C=O) groups excluding carboxylic acids is 2. The van der Waals surface area contributed by atoms with E-state index in [4.69, 9.17) is 5.73 Å². The van der Waals surface area contributed by atoms with Gasteiger partial charge in [0.1, 0.15) is 5.69 Å². The molecule has 96 valence electrons. The molecular formula is C14H13N3O2. The number of nitrogens with two attached hydrogens (primary N) is 1. The number of nitrogens with one attached hydrogen (secondary N) is 1. The molecule has 0 atom stereocenters. The Hall–Kier alpha value is -2.69. The zero-order valence-corrected chi connectivity index (χ0v) is 10.4. The third-order valence-electron chi connectivity index (χ3n) is 2.54. The van der Waals surface area contributed by atoms with E-state index >= 15 is 0 Å². The summed E-state index contributed by atoms with van der Waals surface area (Å²) in [4.78, 5) is 27.4. The van der Waals surface area contributed by atoms with Crippen molar-refractivity contribution in [1.29, 1.82) is 0 Å². The van der Waals surface area contributed by atoms with E-state index in [0.29, 0.717) is 5.69 Å². The molecule has 0 saturated carbocycles. The van der Waals surface area contributed by atoms with E-state index < -0.39 is 11.8 Å². The summed E-state index contributed by atoms with van der Waals surface area (Å²) < 4.78 is 0. The molecule has 2 aromatic rings. The van der Waals surface area contributed by atoms with Gasteiger partial charge in [-0.3, -0.25) is 9.59 Å². The van der Waals surface area contributed by atoms with Gasteiger partial charge in [0.2, 0.25) is 0 Å². The van der Waals surface area contributed by atoms with Gasteiger partial charge in [-0.1, -0.05) is 18.2 Å². The van der Waals surface area contributed by atoms with Crippen molar-refractivity contribution >= 4 is 17.5 Å². The van der Waals surface area contributed by atoms with Gasteiger partial charge in [0.15, 0.2) is 0 Å². The summed E-state index contributed by atoms with van der Waals surface area (Å²) in [5.74, 6) is -1.13.